The lowest BCUT2D eigenvalue weighted by Crippen LogP contribution is -2.40. The third kappa shape index (κ3) is 3.28. The molecule has 0 spiro atoms. The quantitative estimate of drug-likeness (QED) is 0.680. The van der Waals surface area contributed by atoms with Crippen molar-refractivity contribution in [3.63, 3.8) is 0 Å². The van der Waals surface area contributed by atoms with E-state index in [4.69, 9.17) is 5.11 Å². The Morgan fingerprint density at radius 3 is 2.23 bits per heavy atom. The van der Waals surface area contributed by atoms with Crippen molar-refractivity contribution >= 4 is 0 Å². The average Bonchev–Trinajstić information content (AvgIpc) is 2.43. The molecule has 0 aromatic carbocycles. The molecule has 1 rings (SSSR count). The minimum absolute atomic E-state index is 0.285. The van der Waals surface area contributed by atoms with Crippen LogP contribution in [0.1, 0.15) is 45.4 Å². The molecule has 0 bridgehead atoms. The molecule has 1 saturated carbocycles. The monoisotopic (exact) mass is 185 g/mol. The minimum Gasteiger partial charge on any atom is -0.395 e. The Morgan fingerprint density at radius 1 is 1.23 bits per heavy atom. The zero-order valence-corrected chi connectivity index (χ0v) is 9.00. The second-order valence-electron chi connectivity index (χ2n) is 4.34. The van der Waals surface area contributed by atoms with E-state index in [0.29, 0.717) is 12.1 Å². The van der Waals surface area contributed by atoms with Gasteiger partial charge in [0.25, 0.3) is 0 Å². The highest BCUT2D eigenvalue weighted by atomic mass is 16.3. The number of aliphatic hydroxyl groups is 1. The van der Waals surface area contributed by atoms with Crippen LogP contribution in [0.4, 0.5) is 0 Å². The van der Waals surface area contributed by atoms with Crippen LogP contribution in [0.25, 0.3) is 0 Å². The number of hydrogen-bond acceptors (Lipinski definition) is 2. The maximum atomic E-state index is 9.06. The number of nitrogens with zero attached hydrogens (tertiary/aromatic N) is 1. The summed E-state index contributed by atoms with van der Waals surface area (Å²) in [5.41, 5.74) is 0. The van der Waals surface area contributed by atoms with E-state index in [0.717, 1.165) is 0 Å². The summed E-state index contributed by atoms with van der Waals surface area (Å²) in [7, 11) is 2.15. The first-order valence-electron chi connectivity index (χ1n) is 5.58. The topological polar surface area (TPSA) is 23.5 Å². The van der Waals surface area contributed by atoms with E-state index in [9.17, 15) is 0 Å². The van der Waals surface area contributed by atoms with Gasteiger partial charge in [-0.15, -0.1) is 0 Å². The van der Waals surface area contributed by atoms with Gasteiger partial charge < -0.3 is 5.11 Å². The molecule has 0 amide bonds. The SMILES string of the molecule is CC(CO)N(C)C1CCCCCC1. The van der Waals surface area contributed by atoms with E-state index >= 15 is 0 Å². The molecule has 0 aromatic heterocycles. The lowest BCUT2D eigenvalue weighted by molar-refractivity contribution is 0.111. The van der Waals surface area contributed by atoms with Crippen LogP contribution in [0.15, 0.2) is 0 Å². The summed E-state index contributed by atoms with van der Waals surface area (Å²) < 4.78 is 0. The molecule has 0 aliphatic heterocycles. The highest BCUT2D eigenvalue weighted by Gasteiger charge is 2.20. The molecule has 2 nitrogen and oxygen atoms in total. The molecule has 0 radical (unpaired) electrons. The van der Waals surface area contributed by atoms with Crippen molar-refractivity contribution in [1.29, 1.82) is 0 Å². The van der Waals surface area contributed by atoms with Gasteiger partial charge in [-0.3, -0.25) is 4.90 Å². The fourth-order valence-corrected chi connectivity index (χ4v) is 2.15. The Kier molecular flexibility index (Phi) is 4.74. The zero-order chi connectivity index (χ0) is 9.68. The molecule has 2 heteroatoms. The first-order valence-corrected chi connectivity index (χ1v) is 5.58. The van der Waals surface area contributed by atoms with Gasteiger partial charge in [0, 0.05) is 12.1 Å². The fourth-order valence-electron chi connectivity index (χ4n) is 2.15. The largest absolute Gasteiger partial charge is 0.395 e. The fraction of sp³-hybridized carbons (Fsp3) is 1.00. The predicted octanol–water partition coefficient (Wildman–Crippen LogP) is 2.02. The summed E-state index contributed by atoms with van der Waals surface area (Å²) >= 11 is 0. The Morgan fingerprint density at radius 2 is 1.77 bits per heavy atom. The van der Waals surface area contributed by atoms with Crippen molar-refractivity contribution in [3.8, 4) is 0 Å². The van der Waals surface area contributed by atoms with Crippen molar-refractivity contribution < 1.29 is 5.11 Å². The van der Waals surface area contributed by atoms with Crippen molar-refractivity contribution in [2.45, 2.75) is 57.5 Å². The van der Waals surface area contributed by atoms with Gasteiger partial charge >= 0.3 is 0 Å². The first kappa shape index (κ1) is 11.0. The molecule has 0 heterocycles. The molecule has 1 unspecified atom stereocenters. The summed E-state index contributed by atoms with van der Waals surface area (Å²) in [5.74, 6) is 0. The van der Waals surface area contributed by atoms with Crippen molar-refractivity contribution in [2.75, 3.05) is 13.7 Å². The van der Waals surface area contributed by atoms with E-state index < -0.39 is 0 Å². The van der Waals surface area contributed by atoms with Crippen LogP contribution >= 0.6 is 0 Å². The van der Waals surface area contributed by atoms with Gasteiger partial charge in [-0.05, 0) is 26.8 Å². The number of aliphatic hydroxyl groups excluding tert-OH is 1. The van der Waals surface area contributed by atoms with Crippen LogP contribution in [0.5, 0.6) is 0 Å². The second-order valence-corrected chi connectivity index (χ2v) is 4.34. The molecule has 13 heavy (non-hydrogen) atoms. The number of likely N-dealkylation sites (N-methyl/N-ethyl adjacent to an activating group) is 1. The summed E-state index contributed by atoms with van der Waals surface area (Å²) in [6.45, 7) is 2.39. The molecular weight excluding hydrogens is 162 g/mol. The molecule has 1 N–H and O–H groups in total. The zero-order valence-electron chi connectivity index (χ0n) is 9.00. The lowest BCUT2D eigenvalue weighted by Gasteiger charge is -2.31. The molecule has 1 aliphatic rings. The Bertz CT molecular complexity index is 130. The summed E-state index contributed by atoms with van der Waals surface area (Å²) in [6, 6.07) is 1.03. The summed E-state index contributed by atoms with van der Waals surface area (Å²) in [5, 5.41) is 9.06. The summed E-state index contributed by atoms with van der Waals surface area (Å²) in [4.78, 5) is 2.35. The smallest absolute Gasteiger partial charge is 0.0584 e. The van der Waals surface area contributed by atoms with Crippen molar-refractivity contribution in [3.05, 3.63) is 0 Å². The van der Waals surface area contributed by atoms with Gasteiger partial charge in [0.1, 0.15) is 0 Å². The summed E-state index contributed by atoms with van der Waals surface area (Å²) in [6.07, 6.45) is 8.18. The maximum Gasteiger partial charge on any atom is 0.0584 e. The van der Waals surface area contributed by atoms with Gasteiger partial charge in [-0.25, -0.2) is 0 Å². The van der Waals surface area contributed by atoms with Crippen LogP contribution < -0.4 is 0 Å². The lowest BCUT2D eigenvalue weighted by atomic mass is 10.1. The highest BCUT2D eigenvalue weighted by Crippen LogP contribution is 2.22. The molecule has 0 saturated heterocycles. The predicted molar refractivity (Wildman–Crippen MR) is 55.8 cm³/mol. The molecule has 78 valence electrons. The van der Waals surface area contributed by atoms with Crippen molar-refractivity contribution in [1.82, 2.24) is 4.90 Å². The second kappa shape index (κ2) is 5.61. The van der Waals surface area contributed by atoms with Gasteiger partial charge in [0.2, 0.25) is 0 Å². The Hall–Kier alpha value is -0.0800. The van der Waals surface area contributed by atoms with Gasteiger partial charge in [-0.2, -0.15) is 0 Å². The van der Waals surface area contributed by atoms with Crippen LogP contribution in [0.3, 0.4) is 0 Å². The van der Waals surface area contributed by atoms with E-state index in [-0.39, 0.29) is 6.61 Å². The molecule has 0 aromatic rings. The molecule has 1 fully saturated rings. The Labute approximate surface area is 81.9 Å². The van der Waals surface area contributed by atoms with Crippen LogP contribution in [-0.2, 0) is 0 Å². The molecular formula is C11H23NO. The average molecular weight is 185 g/mol. The standard InChI is InChI=1S/C11H23NO/c1-10(9-13)12(2)11-7-5-3-4-6-8-11/h10-11,13H,3-9H2,1-2H3. The first-order chi connectivity index (χ1) is 6.25. The van der Waals surface area contributed by atoms with E-state index in [1.54, 1.807) is 0 Å². The third-order valence-corrected chi connectivity index (χ3v) is 3.36. The van der Waals surface area contributed by atoms with Gasteiger partial charge in [0.05, 0.1) is 6.61 Å². The molecule has 1 aliphatic carbocycles. The third-order valence-electron chi connectivity index (χ3n) is 3.36. The highest BCUT2D eigenvalue weighted by molar-refractivity contribution is 4.75. The van der Waals surface area contributed by atoms with Crippen LogP contribution in [0.2, 0.25) is 0 Å². The van der Waals surface area contributed by atoms with E-state index in [1.807, 2.05) is 0 Å². The number of hydrogen-bond donors (Lipinski definition) is 1. The van der Waals surface area contributed by atoms with Gasteiger partial charge in [0.15, 0.2) is 0 Å². The van der Waals surface area contributed by atoms with Gasteiger partial charge in [-0.1, -0.05) is 25.7 Å². The molecule has 1 atom stereocenters. The normalized spacial score (nSPS) is 23.1. The number of rotatable bonds is 3. The minimum atomic E-state index is 0.285. The Balaban J connectivity index is 2.38. The van der Waals surface area contributed by atoms with Crippen LogP contribution in [0, 0.1) is 0 Å². The van der Waals surface area contributed by atoms with Crippen molar-refractivity contribution in [2.24, 2.45) is 0 Å². The maximum absolute atomic E-state index is 9.06. The van der Waals surface area contributed by atoms with E-state index in [2.05, 4.69) is 18.9 Å². The van der Waals surface area contributed by atoms with E-state index in [1.165, 1.54) is 38.5 Å². The van der Waals surface area contributed by atoms with Crippen LogP contribution in [-0.4, -0.2) is 35.7 Å².